The molecule has 0 saturated carbocycles. The number of likely N-dealkylation sites (tertiary alicyclic amines) is 1. The molecule has 0 spiro atoms. The Morgan fingerprint density at radius 3 is 2.17 bits per heavy atom. The third kappa shape index (κ3) is 7.07. The third-order valence-corrected chi connectivity index (χ3v) is 6.65. The first-order valence-electron chi connectivity index (χ1n) is 12.4. The van der Waals surface area contributed by atoms with E-state index in [0.717, 1.165) is 11.1 Å². The summed E-state index contributed by atoms with van der Waals surface area (Å²) in [7, 11) is 1.65. The monoisotopic (exact) mass is 495 g/mol. The van der Waals surface area contributed by atoms with Crippen LogP contribution in [0.1, 0.15) is 44.7 Å². The van der Waals surface area contributed by atoms with E-state index in [4.69, 9.17) is 4.74 Å². The number of hydrogen-bond donors (Lipinski definition) is 2. The summed E-state index contributed by atoms with van der Waals surface area (Å²) >= 11 is 0. The summed E-state index contributed by atoms with van der Waals surface area (Å²) in [4.78, 5) is 41.1. The number of amides is 2. The second kappa shape index (κ2) is 12.5. The molecule has 8 heteroatoms. The van der Waals surface area contributed by atoms with Gasteiger partial charge >= 0.3 is 12.1 Å². The largest absolute Gasteiger partial charge is 0.480 e. The Morgan fingerprint density at radius 1 is 1.06 bits per heavy atom. The molecule has 1 aliphatic rings. The van der Waals surface area contributed by atoms with E-state index in [0.29, 0.717) is 13.0 Å². The van der Waals surface area contributed by atoms with Crippen molar-refractivity contribution in [2.45, 2.75) is 70.9 Å². The van der Waals surface area contributed by atoms with Crippen molar-refractivity contribution in [3.8, 4) is 0 Å². The Balaban J connectivity index is 1.93. The molecule has 2 aromatic carbocycles. The normalized spacial score (nSPS) is 20.6. The van der Waals surface area contributed by atoms with Gasteiger partial charge in [-0.05, 0) is 29.9 Å². The number of carbonyl (C=O) groups is 3. The number of carboxylic acid groups (broad SMARTS) is 1. The zero-order chi connectivity index (χ0) is 26.2. The van der Waals surface area contributed by atoms with Crippen LogP contribution in [-0.2, 0) is 27.5 Å². The standard InChI is InChI=1S/C28H37N3O5/c1-19(2)15-23(29-20(3)32)26-24(30(4)28(35)36-18-22-13-9-6-10-14-22)16-25(27(33)34)31(26)17-21-11-7-5-8-12-21/h5-14,19,23-26H,15-18H2,1-4H3,(H,29,32)(H,33,34)/t23?,24?,25-,26?/m0/s1. The van der Waals surface area contributed by atoms with Crippen molar-refractivity contribution in [3.05, 3.63) is 71.8 Å². The lowest BCUT2D eigenvalue weighted by Gasteiger charge is -2.39. The summed E-state index contributed by atoms with van der Waals surface area (Å²) in [6.07, 6.45) is 0.356. The quantitative estimate of drug-likeness (QED) is 0.519. The van der Waals surface area contributed by atoms with E-state index in [-0.39, 0.29) is 30.9 Å². The van der Waals surface area contributed by atoms with Gasteiger partial charge in [0.15, 0.2) is 0 Å². The van der Waals surface area contributed by atoms with Crippen LogP contribution in [0.5, 0.6) is 0 Å². The highest BCUT2D eigenvalue weighted by Crippen LogP contribution is 2.34. The average molecular weight is 496 g/mol. The molecule has 3 unspecified atom stereocenters. The smallest absolute Gasteiger partial charge is 0.410 e. The number of aliphatic carboxylic acids is 1. The number of carboxylic acids is 1. The Labute approximate surface area is 213 Å². The van der Waals surface area contributed by atoms with Crippen molar-refractivity contribution in [2.75, 3.05) is 7.05 Å². The van der Waals surface area contributed by atoms with Crippen molar-refractivity contribution in [2.24, 2.45) is 5.92 Å². The maximum atomic E-state index is 13.1. The zero-order valence-electron chi connectivity index (χ0n) is 21.5. The highest BCUT2D eigenvalue weighted by molar-refractivity contribution is 5.76. The van der Waals surface area contributed by atoms with Gasteiger partial charge in [-0.15, -0.1) is 0 Å². The highest BCUT2D eigenvalue weighted by atomic mass is 16.6. The molecule has 1 saturated heterocycles. The van der Waals surface area contributed by atoms with Gasteiger partial charge in [0.25, 0.3) is 0 Å². The first-order valence-corrected chi connectivity index (χ1v) is 12.4. The van der Waals surface area contributed by atoms with Gasteiger partial charge in [0, 0.05) is 26.6 Å². The number of nitrogens with zero attached hydrogens (tertiary/aromatic N) is 2. The molecule has 1 aliphatic heterocycles. The number of hydrogen-bond acceptors (Lipinski definition) is 5. The molecule has 3 rings (SSSR count). The van der Waals surface area contributed by atoms with Gasteiger partial charge in [-0.25, -0.2) is 4.79 Å². The molecule has 4 atom stereocenters. The topological polar surface area (TPSA) is 99.2 Å². The van der Waals surface area contributed by atoms with E-state index in [1.807, 2.05) is 65.6 Å². The number of ether oxygens (including phenoxy) is 1. The minimum Gasteiger partial charge on any atom is -0.480 e. The fourth-order valence-corrected chi connectivity index (χ4v) is 5.08. The maximum Gasteiger partial charge on any atom is 0.410 e. The van der Waals surface area contributed by atoms with Crippen molar-refractivity contribution >= 4 is 18.0 Å². The van der Waals surface area contributed by atoms with E-state index in [2.05, 4.69) is 19.2 Å². The number of rotatable bonds is 10. The fourth-order valence-electron chi connectivity index (χ4n) is 5.08. The predicted molar refractivity (Wildman–Crippen MR) is 137 cm³/mol. The number of likely N-dealkylation sites (N-methyl/N-ethyl adjacent to an activating group) is 1. The van der Waals surface area contributed by atoms with Crippen LogP contribution in [0.2, 0.25) is 0 Å². The third-order valence-electron chi connectivity index (χ3n) is 6.65. The summed E-state index contributed by atoms with van der Waals surface area (Å²) in [6.45, 7) is 6.10. The van der Waals surface area contributed by atoms with Crippen LogP contribution in [0.3, 0.4) is 0 Å². The van der Waals surface area contributed by atoms with Crippen LogP contribution in [-0.4, -0.2) is 64.1 Å². The van der Waals surface area contributed by atoms with Gasteiger partial charge in [-0.2, -0.15) is 0 Å². The Morgan fingerprint density at radius 2 is 1.64 bits per heavy atom. The molecular formula is C28H37N3O5. The molecule has 8 nitrogen and oxygen atoms in total. The van der Waals surface area contributed by atoms with Crippen LogP contribution in [0.15, 0.2) is 60.7 Å². The van der Waals surface area contributed by atoms with Crippen molar-refractivity contribution in [3.63, 3.8) is 0 Å². The van der Waals surface area contributed by atoms with Crippen LogP contribution in [0, 0.1) is 5.92 Å². The summed E-state index contributed by atoms with van der Waals surface area (Å²) in [6, 6.07) is 17.0. The molecule has 1 heterocycles. The zero-order valence-corrected chi connectivity index (χ0v) is 21.5. The molecule has 0 radical (unpaired) electrons. The highest BCUT2D eigenvalue weighted by Gasteiger charge is 2.50. The maximum absolute atomic E-state index is 13.1. The molecule has 0 aliphatic carbocycles. The fraction of sp³-hybridized carbons (Fsp3) is 0.464. The van der Waals surface area contributed by atoms with Gasteiger partial charge in [-0.3, -0.25) is 14.5 Å². The molecule has 2 N–H and O–H groups in total. The summed E-state index contributed by atoms with van der Waals surface area (Å²) < 4.78 is 5.58. The van der Waals surface area contributed by atoms with E-state index in [1.54, 1.807) is 7.05 Å². The van der Waals surface area contributed by atoms with E-state index >= 15 is 0 Å². The Bertz CT molecular complexity index is 1010. The van der Waals surface area contributed by atoms with E-state index in [9.17, 15) is 19.5 Å². The molecule has 2 amide bonds. The van der Waals surface area contributed by atoms with Gasteiger partial charge in [0.1, 0.15) is 12.6 Å². The van der Waals surface area contributed by atoms with Gasteiger partial charge in [0.2, 0.25) is 5.91 Å². The second-order valence-corrected chi connectivity index (χ2v) is 9.89. The van der Waals surface area contributed by atoms with Crippen LogP contribution in [0.4, 0.5) is 4.79 Å². The summed E-state index contributed by atoms with van der Waals surface area (Å²) in [5.41, 5.74) is 1.84. The lowest BCUT2D eigenvalue weighted by molar-refractivity contribution is -0.143. The molecule has 0 bridgehead atoms. The molecule has 1 fully saturated rings. The van der Waals surface area contributed by atoms with E-state index in [1.165, 1.54) is 11.8 Å². The van der Waals surface area contributed by atoms with Gasteiger partial charge in [-0.1, -0.05) is 74.5 Å². The average Bonchev–Trinajstić information content (AvgIpc) is 3.21. The SMILES string of the molecule is CC(=O)NC(CC(C)C)C1C(N(C)C(=O)OCc2ccccc2)C[C@@H](C(=O)O)N1Cc1ccccc1. The van der Waals surface area contributed by atoms with Gasteiger partial charge in [0.05, 0.1) is 12.1 Å². The van der Waals surface area contributed by atoms with Crippen LogP contribution < -0.4 is 5.32 Å². The lowest BCUT2D eigenvalue weighted by Crippen LogP contribution is -2.58. The Hall–Kier alpha value is -3.39. The van der Waals surface area contributed by atoms with Crippen molar-refractivity contribution in [1.29, 1.82) is 0 Å². The minimum absolute atomic E-state index is 0.124. The molecule has 0 aromatic heterocycles. The molecule has 36 heavy (non-hydrogen) atoms. The molecule has 2 aromatic rings. The van der Waals surface area contributed by atoms with Crippen molar-refractivity contribution in [1.82, 2.24) is 15.1 Å². The number of nitrogens with one attached hydrogen (secondary N) is 1. The van der Waals surface area contributed by atoms with Crippen molar-refractivity contribution < 1.29 is 24.2 Å². The van der Waals surface area contributed by atoms with Crippen LogP contribution >= 0.6 is 0 Å². The predicted octanol–water partition coefficient (Wildman–Crippen LogP) is 3.90. The molecule has 194 valence electrons. The first kappa shape index (κ1) is 27.2. The summed E-state index contributed by atoms with van der Waals surface area (Å²) in [5.74, 6) is -0.886. The molecular weight excluding hydrogens is 458 g/mol. The number of carbonyl (C=O) groups excluding carboxylic acids is 2. The van der Waals surface area contributed by atoms with E-state index < -0.39 is 30.2 Å². The first-order chi connectivity index (χ1) is 17.2. The lowest BCUT2D eigenvalue weighted by atomic mass is 9.92. The minimum atomic E-state index is -0.949. The Kier molecular flexibility index (Phi) is 9.47. The number of benzene rings is 2. The second-order valence-electron chi connectivity index (χ2n) is 9.89. The summed E-state index contributed by atoms with van der Waals surface area (Å²) in [5, 5.41) is 13.2. The van der Waals surface area contributed by atoms with Crippen LogP contribution in [0.25, 0.3) is 0 Å². The van der Waals surface area contributed by atoms with Gasteiger partial charge < -0.3 is 20.1 Å².